The van der Waals surface area contributed by atoms with Gasteiger partial charge in [0.15, 0.2) is 23.9 Å². The van der Waals surface area contributed by atoms with E-state index in [-0.39, 0.29) is 28.2 Å². The molecule has 0 spiro atoms. The number of methoxy groups -OCH3 is 4. The standard InChI is InChI=1S/C21H20O9/c1-25-12-8-15(28-4)18-16(9-12)30-20(21(19(18)24)29-10-17(22)23)11-5-6-13(26-2)14(7-11)27-3/h5-9H,10H2,1-4H3,(H,22,23). The zero-order valence-corrected chi connectivity index (χ0v) is 16.8. The predicted molar refractivity (Wildman–Crippen MR) is 107 cm³/mol. The summed E-state index contributed by atoms with van der Waals surface area (Å²) in [6.45, 7) is -0.727. The van der Waals surface area contributed by atoms with Crippen molar-refractivity contribution in [1.82, 2.24) is 0 Å². The Hall–Kier alpha value is -3.88. The first kappa shape index (κ1) is 20.8. The molecule has 0 saturated heterocycles. The Morgan fingerprint density at radius 3 is 2.23 bits per heavy atom. The molecule has 30 heavy (non-hydrogen) atoms. The van der Waals surface area contributed by atoms with Crippen LogP contribution in [0.25, 0.3) is 22.3 Å². The lowest BCUT2D eigenvalue weighted by Gasteiger charge is -2.14. The van der Waals surface area contributed by atoms with Crippen LogP contribution in [-0.4, -0.2) is 46.1 Å². The number of aliphatic carboxylic acids is 1. The average molecular weight is 416 g/mol. The third-order valence-corrected chi connectivity index (χ3v) is 4.33. The van der Waals surface area contributed by atoms with Crippen LogP contribution in [0.3, 0.4) is 0 Å². The van der Waals surface area contributed by atoms with E-state index < -0.39 is 18.0 Å². The van der Waals surface area contributed by atoms with Gasteiger partial charge in [-0.15, -0.1) is 0 Å². The maximum absolute atomic E-state index is 13.2. The number of carboxylic acids is 1. The average Bonchev–Trinajstić information content (AvgIpc) is 2.76. The van der Waals surface area contributed by atoms with E-state index >= 15 is 0 Å². The molecule has 1 aromatic heterocycles. The zero-order valence-electron chi connectivity index (χ0n) is 16.8. The molecule has 9 heteroatoms. The molecule has 0 bridgehead atoms. The molecular formula is C21H20O9. The van der Waals surface area contributed by atoms with Gasteiger partial charge in [-0.05, 0) is 18.2 Å². The quantitative estimate of drug-likeness (QED) is 0.592. The van der Waals surface area contributed by atoms with E-state index in [4.69, 9.17) is 33.2 Å². The van der Waals surface area contributed by atoms with Crippen LogP contribution in [-0.2, 0) is 4.79 Å². The molecule has 0 aliphatic rings. The van der Waals surface area contributed by atoms with Gasteiger partial charge in [0.2, 0.25) is 11.2 Å². The minimum atomic E-state index is -1.24. The van der Waals surface area contributed by atoms with Gasteiger partial charge in [0.1, 0.15) is 22.5 Å². The van der Waals surface area contributed by atoms with E-state index in [1.165, 1.54) is 40.6 Å². The van der Waals surface area contributed by atoms with Gasteiger partial charge >= 0.3 is 5.97 Å². The predicted octanol–water partition coefficient (Wildman–Crippen LogP) is 2.96. The fourth-order valence-corrected chi connectivity index (χ4v) is 2.95. The zero-order chi connectivity index (χ0) is 21.8. The summed E-state index contributed by atoms with van der Waals surface area (Å²) < 4.78 is 32.4. The highest BCUT2D eigenvalue weighted by Gasteiger charge is 2.23. The fourth-order valence-electron chi connectivity index (χ4n) is 2.95. The minimum absolute atomic E-state index is 0.0324. The van der Waals surface area contributed by atoms with Crippen molar-refractivity contribution in [2.75, 3.05) is 35.0 Å². The summed E-state index contributed by atoms with van der Waals surface area (Å²) in [5, 5.41) is 9.12. The summed E-state index contributed by atoms with van der Waals surface area (Å²) in [4.78, 5) is 24.3. The van der Waals surface area contributed by atoms with Crippen molar-refractivity contribution < 1.29 is 38.0 Å². The lowest BCUT2D eigenvalue weighted by atomic mass is 10.1. The molecular weight excluding hydrogens is 396 g/mol. The largest absolute Gasteiger partial charge is 0.496 e. The molecule has 0 amide bonds. The van der Waals surface area contributed by atoms with Gasteiger partial charge in [-0.25, -0.2) is 4.79 Å². The maximum atomic E-state index is 13.2. The lowest BCUT2D eigenvalue weighted by Crippen LogP contribution is -2.16. The Bertz CT molecular complexity index is 1150. The highest BCUT2D eigenvalue weighted by atomic mass is 16.5. The monoisotopic (exact) mass is 416 g/mol. The van der Waals surface area contributed by atoms with Crippen molar-refractivity contribution in [1.29, 1.82) is 0 Å². The first-order chi connectivity index (χ1) is 14.4. The van der Waals surface area contributed by atoms with Crippen LogP contribution in [0.2, 0.25) is 0 Å². The van der Waals surface area contributed by atoms with E-state index in [1.54, 1.807) is 18.2 Å². The van der Waals surface area contributed by atoms with Gasteiger partial charge in [0.05, 0.1) is 28.4 Å². The van der Waals surface area contributed by atoms with Gasteiger partial charge in [-0.3, -0.25) is 4.79 Å². The molecule has 1 N–H and O–H groups in total. The second-order valence-electron chi connectivity index (χ2n) is 6.04. The molecule has 3 aromatic rings. The molecule has 0 aliphatic carbocycles. The highest BCUT2D eigenvalue weighted by Crippen LogP contribution is 2.39. The molecule has 2 aromatic carbocycles. The summed E-state index contributed by atoms with van der Waals surface area (Å²) >= 11 is 0. The number of rotatable bonds is 8. The van der Waals surface area contributed by atoms with Crippen molar-refractivity contribution in [3.05, 3.63) is 40.6 Å². The molecule has 0 fully saturated rings. The normalized spacial score (nSPS) is 10.5. The number of ether oxygens (including phenoxy) is 5. The van der Waals surface area contributed by atoms with Crippen LogP contribution in [0.4, 0.5) is 0 Å². The van der Waals surface area contributed by atoms with Crippen molar-refractivity contribution in [3.63, 3.8) is 0 Å². The Labute approximate surface area is 171 Å². The first-order valence-corrected chi connectivity index (χ1v) is 8.73. The van der Waals surface area contributed by atoms with Crippen LogP contribution in [0, 0.1) is 0 Å². The maximum Gasteiger partial charge on any atom is 0.341 e. The molecule has 1 heterocycles. The molecule has 9 nitrogen and oxygen atoms in total. The Morgan fingerprint density at radius 2 is 1.63 bits per heavy atom. The van der Waals surface area contributed by atoms with Crippen LogP contribution in [0.1, 0.15) is 0 Å². The number of hydrogen-bond acceptors (Lipinski definition) is 8. The van der Waals surface area contributed by atoms with Gasteiger partial charge in [-0.2, -0.15) is 0 Å². The molecule has 0 unspecified atom stereocenters. The van der Waals surface area contributed by atoms with E-state index in [2.05, 4.69) is 0 Å². The summed E-state index contributed by atoms with van der Waals surface area (Å²) in [7, 11) is 5.83. The van der Waals surface area contributed by atoms with Gasteiger partial charge in [0, 0.05) is 17.7 Å². The van der Waals surface area contributed by atoms with E-state index in [0.29, 0.717) is 22.8 Å². The number of benzene rings is 2. The van der Waals surface area contributed by atoms with E-state index in [0.717, 1.165) is 0 Å². The molecule has 0 aliphatic heterocycles. The van der Waals surface area contributed by atoms with Crippen molar-refractivity contribution in [2.24, 2.45) is 0 Å². The molecule has 0 atom stereocenters. The molecule has 158 valence electrons. The third kappa shape index (κ3) is 3.82. The van der Waals surface area contributed by atoms with Crippen LogP contribution < -0.4 is 29.1 Å². The van der Waals surface area contributed by atoms with E-state index in [9.17, 15) is 9.59 Å². The van der Waals surface area contributed by atoms with Gasteiger partial charge in [-0.1, -0.05) is 0 Å². The smallest absolute Gasteiger partial charge is 0.341 e. The van der Waals surface area contributed by atoms with Crippen molar-refractivity contribution in [2.45, 2.75) is 0 Å². The first-order valence-electron chi connectivity index (χ1n) is 8.73. The summed E-state index contributed by atoms with van der Waals surface area (Å²) in [6.07, 6.45) is 0. The highest BCUT2D eigenvalue weighted by molar-refractivity contribution is 5.89. The van der Waals surface area contributed by atoms with Crippen LogP contribution >= 0.6 is 0 Å². The minimum Gasteiger partial charge on any atom is -0.496 e. The SMILES string of the molecule is COc1cc(OC)c2c(=O)c(OCC(=O)O)c(-c3ccc(OC)c(OC)c3)oc2c1. The number of hydrogen-bond donors (Lipinski definition) is 1. The number of carboxylic acid groups (broad SMARTS) is 1. The lowest BCUT2D eigenvalue weighted by molar-refractivity contribution is -0.139. The molecule has 0 saturated carbocycles. The van der Waals surface area contributed by atoms with E-state index in [1.807, 2.05) is 0 Å². The third-order valence-electron chi connectivity index (χ3n) is 4.33. The number of fused-ring (bicyclic) bond motifs is 1. The molecule has 0 radical (unpaired) electrons. The number of carbonyl (C=O) groups is 1. The fraction of sp³-hybridized carbons (Fsp3) is 0.238. The summed E-state index contributed by atoms with van der Waals surface area (Å²) in [5.41, 5.74) is 0.0271. The topological polar surface area (TPSA) is 114 Å². The second-order valence-corrected chi connectivity index (χ2v) is 6.04. The van der Waals surface area contributed by atoms with Gasteiger partial charge in [0.25, 0.3) is 0 Å². The summed E-state index contributed by atoms with van der Waals surface area (Å²) in [5.74, 6) is 0.0167. The van der Waals surface area contributed by atoms with Crippen molar-refractivity contribution in [3.8, 4) is 40.1 Å². The Morgan fingerprint density at radius 1 is 0.933 bits per heavy atom. The Kier molecular flexibility index (Phi) is 6.01. The Balaban J connectivity index is 2.34. The van der Waals surface area contributed by atoms with Gasteiger partial charge < -0.3 is 33.2 Å². The summed E-state index contributed by atoms with van der Waals surface area (Å²) in [6, 6.07) is 7.91. The van der Waals surface area contributed by atoms with Crippen LogP contribution in [0.5, 0.6) is 28.7 Å². The van der Waals surface area contributed by atoms with Crippen molar-refractivity contribution >= 4 is 16.9 Å². The van der Waals surface area contributed by atoms with Crippen LogP contribution in [0.15, 0.2) is 39.5 Å². The second kappa shape index (κ2) is 8.64. The molecule has 3 rings (SSSR count).